The summed E-state index contributed by atoms with van der Waals surface area (Å²) in [5, 5.41) is 12.7. The first kappa shape index (κ1) is 22.4. The van der Waals surface area contributed by atoms with Gasteiger partial charge in [-0.1, -0.05) is 36.4 Å². The van der Waals surface area contributed by atoms with Crippen molar-refractivity contribution in [3.05, 3.63) is 114 Å². The first-order valence-electron chi connectivity index (χ1n) is 11.9. The molecule has 0 amide bonds. The molecule has 0 saturated heterocycles. The van der Waals surface area contributed by atoms with Crippen LogP contribution in [0.3, 0.4) is 0 Å². The quantitative estimate of drug-likeness (QED) is 0.366. The summed E-state index contributed by atoms with van der Waals surface area (Å²) in [5.74, 6) is 1.70. The molecule has 6 rings (SSSR count). The number of anilines is 2. The number of fused-ring (bicyclic) bond motifs is 3. The number of nitriles is 1. The molecule has 2 aromatic carbocycles. The zero-order chi connectivity index (χ0) is 25.2. The highest BCUT2D eigenvalue weighted by Gasteiger charge is 2.31. The van der Waals surface area contributed by atoms with Gasteiger partial charge in [-0.15, -0.1) is 0 Å². The van der Waals surface area contributed by atoms with E-state index in [4.69, 9.17) is 14.7 Å². The van der Waals surface area contributed by atoms with Crippen molar-refractivity contribution in [1.29, 1.82) is 5.26 Å². The summed E-state index contributed by atoms with van der Waals surface area (Å²) in [4.78, 5) is 18.5. The number of rotatable bonds is 6. The van der Waals surface area contributed by atoms with Crippen LogP contribution in [0.25, 0.3) is 11.1 Å². The van der Waals surface area contributed by atoms with Crippen molar-refractivity contribution in [3.63, 3.8) is 0 Å². The fourth-order valence-corrected chi connectivity index (χ4v) is 4.70. The van der Waals surface area contributed by atoms with Crippen LogP contribution in [0.2, 0.25) is 0 Å². The van der Waals surface area contributed by atoms with Crippen molar-refractivity contribution in [2.75, 3.05) is 12.4 Å². The van der Waals surface area contributed by atoms with Crippen LogP contribution in [0, 0.1) is 17.2 Å². The number of ether oxygens (including phenoxy) is 1. The minimum absolute atomic E-state index is 0.00125. The van der Waals surface area contributed by atoms with Gasteiger partial charge >= 0.3 is 0 Å². The number of hydrogen-bond acceptors (Lipinski definition) is 7. The molecule has 3 heterocycles. The lowest BCUT2D eigenvalue weighted by molar-refractivity contribution is 0.413. The molecule has 2 aliphatic rings. The first-order valence-corrected chi connectivity index (χ1v) is 11.9. The lowest BCUT2D eigenvalue weighted by Gasteiger charge is -2.22. The van der Waals surface area contributed by atoms with E-state index in [0.717, 1.165) is 39.4 Å². The highest BCUT2D eigenvalue weighted by atomic mass is 16.5. The second-order valence-corrected chi connectivity index (χ2v) is 8.79. The van der Waals surface area contributed by atoms with E-state index in [0.29, 0.717) is 29.4 Å². The standard InChI is InChI=1S/C30H22N6O/c1-37-27-18-33-29(36-30(27)34-23-9-11-32-12-10-23)22-15-21(14-19-5-4-6-20(13-19)17-31)28-25(16-22)24-7-2-3-8-26(24)35-28/h2-13,15-16,18,21H,14H2,1H3,(H,32,33,34,36). The Morgan fingerprint density at radius 1 is 1.05 bits per heavy atom. The van der Waals surface area contributed by atoms with Crippen molar-refractivity contribution in [2.45, 2.75) is 6.42 Å². The van der Waals surface area contributed by atoms with E-state index >= 15 is 0 Å². The SMILES string of the molecule is COc1cnc(C2=CC(Cc3cccc(C#N)c3)C3=Nc4ccccc4C3=C2)nc1Nc1ccncc1. The Bertz CT molecular complexity index is 1630. The van der Waals surface area contributed by atoms with Crippen LogP contribution < -0.4 is 10.1 Å². The van der Waals surface area contributed by atoms with Gasteiger partial charge in [0, 0.05) is 40.7 Å². The maximum absolute atomic E-state index is 9.37. The van der Waals surface area contributed by atoms with Gasteiger partial charge < -0.3 is 10.1 Å². The van der Waals surface area contributed by atoms with E-state index in [9.17, 15) is 5.26 Å². The van der Waals surface area contributed by atoms with Gasteiger partial charge in [-0.3, -0.25) is 9.98 Å². The molecule has 0 bridgehead atoms. The van der Waals surface area contributed by atoms with Gasteiger partial charge in [-0.2, -0.15) is 5.26 Å². The molecule has 1 aliphatic carbocycles. The Kier molecular flexibility index (Phi) is 5.75. The topological polar surface area (TPSA) is 96.1 Å². The predicted octanol–water partition coefficient (Wildman–Crippen LogP) is 5.92. The molecule has 0 spiro atoms. The van der Waals surface area contributed by atoms with Crippen molar-refractivity contribution < 1.29 is 4.74 Å². The molecule has 1 unspecified atom stereocenters. The maximum atomic E-state index is 9.37. The number of aliphatic imine (C=N–C) groups is 1. The van der Waals surface area contributed by atoms with Crippen molar-refractivity contribution in [2.24, 2.45) is 10.9 Å². The number of methoxy groups -OCH3 is 1. The summed E-state index contributed by atoms with van der Waals surface area (Å²) in [5.41, 5.74) is 7.65. The molecule has 1 aliphatic heterocycles. The van der Waals surface area contributed by atoms with Gasteiger partial charge in [0.25, 0.3) is 0 Å². The molecule has 0 radical (unpaired) electrons. The summed E-state index contributed by atoms with van der Waals surface area (Å²) in [6.07, 6.45) is 10.1. The summed E-state index contributed by atoms with van der Waals surface area (Å²) >= 11 is 0. The molecule has 0 saturated carbocycles. The third kappa shape index (κ3) is 4.37. The van der Waals surface area contributed by atoms with Gasteiger partial charge in [0.1, 0.15) is 0 Å². The van der Waals surface area contributed by atoms with Crippen LogP contribution in [-0.2, 0) is 6.42 Å². The number of pyridine rings is 1. The summed E-state index contributed by atoms with van der Waals surface area (Å²) in [6.45, 7) is 0. The Balaban J connectivity index is 1.42. The Morgan fingerprint density at radius 2 is 1.92 bits per heavy atom. The van der Waals surface area contributed by atoms with E-state index in [1.54, 1.807) is 25.7 Å². The molecular weight excluding hydrogens is 460 g/mol. The molecule has 0 fully saturated rings. The molecule has 37 heavy (non-hydrogen) atoms. The van der Waals surface area contributed by atoms with Gasteiger partial charge in [-0.25, -0.2) is 9.97 Å². The molecule has 7 heteroatoms. The second kappa shape index (κ2) is 9.51. The van der Waals surface area contributed by atoms with E-state index in [1.807, 2.05) is 48.5 Å². The number of nitrogens with one attached hydrogen (secondary N) is 1. The van der Waals surface area contributed by atoms with Crippen LogP contribution in [0.1, 0.15) is 22.5 Å². The van der Waals surface area contributed by atoms with E-state index in [2.05, 4.69) is 45.6 Å². The zero-order valence-electron chi connectivity index (χ0n) is 20.1. The number of benzene rings is 2. The van der Waals surface area contributed by atoms with Crippen LogP contribution in [0.15, 0.2) is 96.4 Å². The number of allylic oxidation sites excluding steroid dienone is 4. The third-order valence-electron chi connectivity index (χ3n) is 6.43. The summed E-state index contributed by atoms with van der Waals surface area (Å²) in [6, 6.07) is 21.9. The Hall–Kier alpha value is -5.09. The normalized spacial score (nSPS) is 15.5. The third-order valence-corrected chi connectivity index (χ3v) is 6.43. The number of hydrogen-bond donors (Lipinski definition) is 1. The minimum Gasteiger partial charge on any atom is -0.491 e. The Labute approximate surface area is 214 Å². The highest BCUT2D eigenvalue weighted by molar-refractivity contribution is 6.33. The first-order chi connectivity index (χ1) is 18.2. The van der Waals surface area contributed by atoms with Crippen LogP contribution in [0.5, 0.6) is 5.75 Å². The van der Waals surface area contributed by atoms with Gasteiger partial charge in [0.15, 0.2) is 17.4 Å². The largest absolute Gasteiger partial charge is 0.491 e. The number of para-hydroxylation sites is 1. The number of aromatic nitrogens is 3. The van der Waals surface area contributed by atoms with Crippen LogP contribution >= 0.6 is 0 Å². The molecule has 2 aromatic heterocycles. The molecule has 1 atom stereocenters. The van der Waals surface area contributed by atoms with Crippen molar-refractivity contribution in [3.8, 4) is 11.8 Å². The smallest absolute Gasteiger partial charge is 0.179 e. The van der Waals surface area contributed by atoms with E-state index in [-0.39, 0.29) is 5.92 Å². The van der Waals surface area contributed by atoms with Crippen molar-refractivity contribution >= 4 is 34.1 Å². The second-order valence-electron chi connectivity index (χ2n) is 8.79. The van der Waals surface area contributed by atoms with E-state index < -0.39 is 0 Å². The van der Waals surface area contributed by atoms with E-state index in [1.165, 1.54) is 0 Å². The predicted molar refractivity (Wildman–Crippen MR) is 144 cm³/mol. The monoisotopic (exact) mass is 482 g/mol. The lowest BCUT2D eigenvalue weighted by atomic mass is 9.82. The minimum atomic E-state index is -0.00125. The molecule has 7 nitrogen and oxygen atoms in total. The molecule has 1 N–H and O–H groups in total. The van der Waals surface area contributed by atoms with Crippen molar-refractivity contribution in [1.82, 2.24) is 15.0 Å². The van der Waals surface area contributed by atoms with Crippen LogP contribution in [-0.4, -0.2) is 27.8 Å². The lowest BCUT2D eigenvalue weighted by Crippen LogP contribution is -2.19. The molecule has 4 aromatic rings. The summed E-state index contributed by atoms with van der Waals surface area (Å²) in [7, 11) is 1.60. The van der Waals surface area contributed by atoms with Gasteiger partial charge in [-0.05, 0) is 48.4 Å². The zero-order valence-corrected chi connectivity index (χ0v) is 20.1. The Morgan fingerprint density at radius 3 is 2.76 bits per heavy atom. The van der Waals surface area contributed by atoms with Gasteiger partial charge in [0.2, 0.25) is 0 Å². The number of nitrogens with zero attached hydrogens (tertiary/aromatic N) is 5. The molecular formula is C30H22N6O. The fraction of sp³-hybridized carbons (Fsp3) is 0.100. The van der Waals surface area contributed by atoms with Crippen LogP contribution in [0.4, 0.5) is 17.2 Å². The van der Waals surface area contributed by atoms with Gasteiger partial charge in [0.05, 0.1) is 36.3 Å². The average molecular weight is 483 g/mol. The highest BCUT2D eigenvalue weighted by Crippen LogP contribution is 2.42. The fourth-order valence-electron chi connectivity index (χ4n) is 4.70. The maximum Gasteiger partial charge on any atom is 0.179 e. The summed E-state index contributed by atoms with van der Waals surface area (Å²) < 4.78 is 5.51. The average Bonchev–Trinajstić information content (AvgIpc) is 3.33. The molecule has 178 valence electrons.